The molecule has 0 bridgehead atoms. The zero-order valence-corrected chi connectivity index (χ0v) is 17.0. The highest BCUT2D eigenvalue weighted by molar-refractivity contribution is 5.90. The van der Waals surface area contributed by atoms with Crippen molar-refractivity contribution in [3.63, 3.8) is 0 Å². The summed E-state index contributed by atoms with van der Waals surface area (Å²) in [5.41, 5.74) is 0.918. The summed E-state index contributed by atoms with van der Waals surface area (Å²) in [7, 11) is 0. The Bertz CT molecular complexity index is 1330. The van der Waals surface area contributed by atoms with Crippen molar-refractivity contribution in [3.8, 4) is 16.9 Å². The highest BCUT2D eigenvalue weighted by Gasteiger charge is 2.32. The van der Waals surface area contributed by atoms with Gasteiger partial charge < -0.3 is 15.2 Å². The number of nitrogens with zero attached hydrogens (tertiary/aromatic N) is 1. The minimum Gasteiger partial charge on any atom is -0.477 e. The number of nitrogens with one attached hydrogen (secondary N) is 1. The number of carboxylic acids is 1. The molecule has 166 valence electrons. The normalized spacial score (nSPS) is 17.7. The van der Waals surface area contributed by atoms with Crippen molar-refractivity contribution < 1.29 is 27.8 Å². The first-order valence-electron chi connectivity index (χ1n) is 10.2. The number of aromatic nitrogens is 1. The number of carbonyl (C=O) groups is 1. The van der Waals surface area contributed by atoms with Crippen molar-refractivity contribution in [2.24, 2.45) is 0 Å². The molecule has 1 aromatic carbocycles. The fourth-order valence-electron chi connectivity index (χ4n) is 4.47. The molecule has 1 aliphatic carbocycles. The zero-order valence-electron chi connectivity index (χ0n) is 17.0. The Labute approximate surface area is 180 Å². The molecule has 1 saturated carbocycles. The number of pyridine rings is 2. The molecule has 0 spiro atoms. The Kier molecular flexibility index (Phi) is 4.74. The summed E-state index contributed by atoms with van der Waals surface area (Å²) < 4.78 is 47.9. The van der Waals surface area contributed by atoms with E-state index in [1.807, 2.05) is 13.0 Å². The molecule has 2 N–H and O–H groups in total. The lowest BCUT2D eigenvalue weighted by Crippen LogP contribution is -2.24. The number of rotatable bonds is 5. The van der Waals surface area contributed by atoms with Crippen molar-refractivity contribution in [2.75, 3.05) is 0 Å². The highest BCUT2D eigenvalue weighted by Crippen LogP contribution is 2.47. The molecule has 0 radical (unpaired) electrons. The van der Waals surface area contributed by atoms with Crippen LogP contribution >= 0.6 is 0 Å². The summed E-state index contributed by atoms with van der Waals surface area (Å²) in [5.74, 6) is -3.01. The molecule has 1 atom stereocenters. The van der Waals surface area contributed by atoms with Gasteiger partial charge in [-0.3, -0.25) is 9.20 Å². The summed E-state index contributed by atoms with van der Waals surface area (Å²) in [5, 5.41) is 12.7. The summed E-state index contributed by atoms with van der Waals surface area (Å²) in [6.07, 6.45) is 2.27. The number of carboxylic acid groups (broad SMARTS) is 1. The van der Waals surface area contributed by atoms with Crippen LogP contribution in [0.25, 0.3) is 16.6 Å². The van der Waals surface area contributed by atoms with E-state index in [0.717, 1.165) is 21.7 Å². The van der Waals surface area contributed by atoms with Crippen LogP contribution in [0.4, 0.5) is 13.2 Å². The van der Waals surface area contributed by atoms with Gasteiger partial charge in [-0.1, -0.05) is 12.1 Å². The van der Waals surface area contributed by atoms with Crippen molar-refractivity contribution in [2.45, 2.75) is 44.9 Å². The predicted octanol–water partition coefficient (Wildman–Crippen LogP) is 4.45. The lowest BCUT2D eigenvalue weighted by atomic mass is 9.96. The molecule has 5 rings (SSSR count). The van der Waals surface area contributed by atoms with Crippen LogP contribution in [0.2, 0.25) is 0 Å². The quantitative estimate of drug-likeness (QED) is 0.608. The predicted molar refractivity (Wildman–Crippen MR) is 110 cm³/mol. The van der Waals surface area contributed by atoms with Gasteiger partial charge in [0.1, 0.15) is 5.56 Å². The second-order valence-electron chi connectivity index (χ2n) is 8.19. The average Bonchev–Trinajstić information content (AvgIpc) is 3.51. The van der Waals surface area contributed by atoms with Crippen LogP contribution in [-0.4, -0.2) is 22.1 Å². The molecule has 2 aromatic heterocycles. The molecule has 3 heterocycles. The SMILES string of the molecule is CC1NCc2cc(-c3c(F)cn4c(=O)c(C(=O)O)cc(C5CC5)c4c3OC(F)F)ccc21. The average molecular weight is 444 g/mol. The number of fused-ring (bicyclic) bond motifs is 2. The van der Waals surface area contributed by atoms with E-state index < -0.39 is 35.3 Å². The highest BCUT2D eigenvalue weighted by atomic mass is 19.3. The summed E-state index contributed by atoms with van der Waals surface area (Å²) in [6, 6.07) is 6.49. The Morgan fingerprint density at radius 2 is 2.00 bits per heavy atom. The summed E-state index contributed by atoms with van der Waals surface area (Å²) in [4.78, 5) is 24.3. The molecule has 1 fully saturated rings. The molecule has 3 aromatic rings. The largest absolute Gasteiger partial charge is 0.477 e. The Hall–Kier alpha value is -3.33. The van der Waals surface area contributed by atoms with Gasteiger partial charge in [-0.05, 0) is 60.1 Å². The molecular weight excluding hydrogens is 425 g/mol. The molecule has 1 aliphatic heterocycles. The minimum atomic E-state index is -3.27. The molecule has 9 heteroatoms. The summed E-state index contributed by atoms with van der Waals surface area (Å²) in [6.45, 7) is -0.724. The number of aromatic carboxylic acids is 1. The van der Waals surface area contributed by atoms with Crippen molar-refractivity contribution >= 4 is 11.5 Å². The molecular formula is C23H19F3N2O4. The van der Waals surface area contributed by atoms with E-state index in [4.69, 9.17) is 4.74 Å². The number of hydrogen-bond donors (Lipinski definition) is 2. The molecule has 0 amide bonds. The van der Waals surface area contributed by atoms with Gasteiger partial charge in [-0.15, -0.1) is 0 Å². The minimum absolute atomic E-state index is 0.0220. The first kappa shape index (κ1) is 20.6. The van der Waals surface area contributed by atoms with Crippen LogP contribution < -0.4 is 15.6 Å². The van der Waals surface area contributed by atoms with Gasteiger partial charge >= 0.3 is 12.6 Å². The standard InChI is InChI=1S/C23H19F3N2O4/c1-10-14-5-4-12(6-13(14)8-27-10)18-17(24)9-28-19(20(18)32-23(25)26)15(11-2-3-11)7-16(21(28)29)22(30)31/h4-7,9-11,23,27H,2-3,8H2,1H3,(H,30,31). The van der Waals surface area contributed by atoms with Crippen LogP contribution in [0.1, 0.15) is 58.8 Å². The lowest BCUT2D eigenvalue weighted by molar-refractivity contribution is -0.0488. The van der Waals surface area contributed by atoms with Crippen LogP contribution in [0.15, 0.2) is 35.3 Å². The third-order valence-electron chi connectivity index (χ3n) is 6.14. The maximum absolute atomic E-state index is 15.4. The number of alkyl halides is 2. The van der Waals surface area contributed by atoms with Crippen LogP contribution in [-0.2, 0) is 6.54 Å². The molecule has 1 unspecified atom stereocenters. The monoisotopic (exact) mass is 444 g/mol. The van der Waals surface area contributed by atoms with Crippen molar-refractivity contribution in [3.05, 3.63) is 68.9 Å². The maximum atomic E-state index is 15.4. The van der Waals surface area contributed by atoms with Gasteiger partial charge in [-0.2, -0.15) is 8.78 Å². The number of ether oxygens (including phenoxy) is 1. The number of halogens is 3. The zero-order chi connectivity index (χ0) is 22.7. The van der Waals surface area contributed by atoms with Gasteiger partial charge in [-0.25, -0.2) is 9.18 Å². The maximum Gasteiger partial charge on any atom is 0.387 e. The third-order valence-corrected chi connectivity index (χ3v) is 6.14. The van der Waals surface area contributed by atoms with E-state index in [-0.39, 0.29) is 23.0 Å². The first-order chi connectivity index (χ1) is 15.3. The second kappa shape index (κ2) is 7.37. The van der Waals surface area contributed by atoms with Gasteiger partial charge in [0, 0.05) is 18.8 Å². The van der Waals surface area contributed by atoms with Crippen LogP contribution in [0, 0.1) is 5.82 Å². The number of hydrogen-bond acceptors (Lipinski definition) is 4. The van der Waals surface area contributed by atoms with Crippen molar-refractivity contribution in [1.82, 2.24) is 9.72 Å². The van der Waals surface area contributed by atoms with Crippen LogP contribution in [0.3, 0.4) is 0 Å². The van der Waals surface area contributed by atoms with Gasteiger partial charge in [0.25, 0.3) is 5.56 Å². The Morgan fingerprint density at radius 1 is 1.25 bits per heavy atom. The topological polar surface area (TPSA) is 80.0 Å². The smallest absolute Gasteiger partial charge is 0.387 e. The van der Waals surface area contributed by atoms with Crippen molar-refractivity contribution in [1.29, 1.82) is 0 Å². The van der Waals surface area contributed by atoms with E-state index in [2.05, 4.69) is 5.32 Å². The lowest BCUT2D eigenvalue weighted by Gasteiger charge is -2.19. The third kappa shape index (κ3) is 3.24. The van der Waals surface area contributed by atoms with E-state index in [9.17, 15) is 23.5 Å². The molecule has 32 heavy (non-hydrogen) atoms. The Morgan fingerprint density at radius 3 is 2.66 bits per heavy atom. The van der Waals surface area contributed by atoms with Gasteiger partial charge in [0.2, 0.25) is 0 Å². The number of benzene rings is 1. The van der Waals surface area contributed by atoms with E-state index in [1.54, 1.807) is 12.1 Å². The second-order valence-corrected chi connectivity index (χ2v) is 8.19. The fourth-order valence-corrected chi connectivity index (χ4v) is 4.47. The fraction of sp³-hybridized carbons (Fsp3) is 0.304. The van der Waals surface area contributed by atoms with Crippen LogP contribution in [0.5, 0.6) is 5.75 Å². The van der Waals surface area contributed by atoms with Gasteiger partial charge in [0.05, 0.1) is 11.1 Å². The van der Waals surface area contributed by atoms with E-state index >= 15 is 4.39 Å². The molecule has 2 aliphatic rings. The summed E-state index contributed by atoms with van der Waals surface area (Å²) >= 11 is 0. The van der Waals surface area contributed by atoms with Gasteiger partial charge in [0.15, 0.2) is 11.6 Å². The molecule has 6 nitrogen and oxygen atoms in total. The molecule has 0 saturated heterocycles. The first-order valence-corrected chi connectivity index (χ1v) is 10.2. The van der Waals surface area contributed by atoms with E-state index in [0.29, 0.717) is 30.5 Å². The van der Waals surface area contributed by atoms with E-state index in [1.165, 1.54) is 6.07 Å². The Balaban J connectivity index is 1.85.